The lowest BCUT2D eigenvalue weighted by molar-refractivity contribution is -0.126. The maximum absolute atomic E-state index is 11.8. The zero-order valence-corrected chi connectivity index (χ0v) is 9.70. The van der Waals surface area contributed by atoms with Crippen LogP contribution in [0.15, 0.2) is 18.3 Å². The van der Waals surface area contributed by atoms with E-state index in [-0.39, 0.29) is 11.8 Å². The van der Waals surface area contributed by atoms with E-state index in [0.29, 0.717) is 17.4 Å². The number of rotatable bonds is 2. The van der Waals surface area contributed by atoms with Crippen LogP contribution in [-0.4, -0.2) is 23.6 Å². The van der Waals surface area contributed by atoms with Crippen molar-refractivity contribution >= 4 is 23.3 Å². The van der Waals surface area contributed by atoms with Crippen molar-refractivity contribution in [2.75, 3.05) is 11.9 Å². The van der Waals surface area contributed by atoms with Crippen molar-refractivity contribution in [1.29, 1.82) is 0 Å². The van der Waals surface area contributed by atoms with Gasteiger partial charge in [-0.3, -0.25) is 4.79 Å². The number of aromatic nitrogens is 1. The third kappa shape index (κ3) is 2.33. The molecule has 2 atom stereocenters. The number of ether oxygens (including phenoxy) is 1. The molecule has 2 rings (SSSR count). The number of nitrogens with zero attached hydrogens (tertiary/aromatic N) is 1. The SMILES string of the molecule is CC1CCOC1C(=O)Nc1ncccc1Cl. The van der Waals surface area contributed by atoms with Crippen LogP contribution in [0.25, 0.3) is 0 Å². The highest BCUT2D eigenvalue weighted by molar-refractivity contribution is 6.33. The predicted molar refractivity (Wildman–Crippen MR) is 61.4 cm³/mol. The standard InChI is InChI=1S/C11H13ClN2O2/c1-7-4-6-16-9(7)11(15)14-10-8(12)3-2-5-13-10/h2-3,5,7,9H,4,6H2,1H3,(H,13,14,15). The van der Waals surface area contributed by atoms with E-state index in [4.69, 9.17) is 16.3 Å². The van der Waals surface area contributed by atoms with Crippen molar-refractivity contribution in [3.05, 3.63) is 23.4 Å². The summed E-state index contributed by atoms with van der Waals surface area (Å²) in [5.74, 6) is 0.449. The Kier molecular flexibility index (Phi) is 3.41. The average molecular weight is 241 g/mol. The second-order valence-electron chi connectivity index (χ2n) is 3.88. The number of carbonyl (C=O) groups is 1. The molecule has 4 nitrogen and oxygen atoms in total. The van der Waals surface area contributed by atoms with Crippen LogP contribution >= 0.6 is 11.6 Å². The molecule has 0 saturated carbocycles. The minimum Gasteiger partial charge on any atom is -0.368 e. The third-order valence-corrected chi connectivity index (χ3v) is 2.95. The van der Waals surface area contributed by atoms with Gasteiger partial charge >= 0.3 is 0 Å². The molecule has 0 aliphatic carbocycles. The first kappa shape index (κ1) is 11.4. The van der Waals surface area contributed by atoms with Crippen LogP contribution in [0.3, 0.4) is 0 Å². The fourth-order valence-electron chi connectivity index (χ4n) is 1.70. The second kappa shape index (κ2) is 4.80. The molecule has 86 valence electrons. The van der Waals surface area contributed by atoms with E-state index in [0.717, 1.165) is 6.42 Å². The maximum atomic E-state index is 11.8. The summed E-state index contributed by atoms with van der Waals surface area (Å²) in [4.78, 5) is 15.8. The Labute approximate surface area is 99.0 Å². The summed E-state index contributed by atoms with van der Waals surface area (Å²) >= 11 is 5.89. The van der Waals surface area contributed by atoms with Gasteiger partial charge < -0.3 is 10.1 Å². The van der Waals surface area contributed by atoms with Gasteiger partial charge in [-0.15, -0.1) is 0 Å². The monoisotopic (exact) mass is 240 g/mol. The molecule has 1 saturated heterocycles. The van der Waals surface area contributed by atoms with Crippen LogP contribution < -0.4 is 5.32 Å². The smallest absolute Gasteiger partial charge is 0.254 e. The first-order valence-corrected chi connectivity index (χ1v) is 5.59. The van der Waals surface area contributed by atoms with Gasteiger partial charge in [0.05, 0.1) is 5.02 Å². The van der Waals surface area contributed by atoms with E-state index in [9.17, 15) is 4.79 Å². The van der Waals surface area contributed by atoms with Crippen LogP contribution in [0.4, 0.5) is 5.82 Å². The Morgan fingerprint density at radius 2 is 2.50 bits per heavy atom. The quantitative estimate of drug-likeness (QED) is 0.861. The summed E-state index contributed by atoms with van der Waals surface area (Å²) in [6, 6.07) is 3.40. The van der Waals surface area contributed by atoms with Crippen LogP contribution in [0.2, 0.25) is 5.02 Å². The molecule has 2 heterocycles. The van der Waals surface area contributed by atoms with E-state index in [1.807, 2.05) is 6.92 Å². The zero-order chi connectivity index (χ0) is 11.5. The molecule has 2 unspecified atom stereocenters. The molecule has 1 aliphatic rings. The Bertz CT molecular complexity index is 397. The molecule has 1 N–H and O–H groups in total. The number of carbonyl (C=O) groups excluding carboxylic acids is 1. The molecule has 5 heteroatoms. The highest BCUT2D eigenvalue weighted by Gasteiger charge is 2.31. The summed E-state index contributed by atoms with van der Waals surface area (Å²) < 4.78 is 5.36. The Morgan fingerprint density at radius 3 is 3.12 bits per heavy atom. The van der Waals surface area contributed by atoms with Crippen LogP contribution in [0.5, 0.6) is 0 Å². The predicted octanol–water partition coefficient (Wildman–Crippen LogP) is 2.10. The van der Waals surface area contributed by atoms with Gasteiger partial charge in [0, 0.05) is 12.8 Å². The molecule has 16 heavy (non-hydrogen) atoms. The first-order valence-electron chi connectivity index (χ1n) is 5.21. The number of pyridine rings is 1. The second-order valence-corrected chi connectivity index (χ2v) is 4.29. The lowest BCUT2D eigenvalue weighted by Crippen LogP contribution is -2.31. The Balaban J connectivity index is 2.05. The summed E-state index contributed by atoms with van der Waals surface area (Å²) in [6.45, 7) is 2.63. The molecule has 0 spiro atoms. The highest BCUT2D eigenvalue weighted by Crippen LogP contribution is 2.23. The summed E-state index contributed by atoms with van der Waals surface area (Å²) in [6.07, 6.45) is 2.10. The van der Waals surface area contributed by atoms with Crippen LogP contribution in [-0.2, 0) is 9.53 Å². The molecule has 1 fully saturated rings. The lowest BCUT2D eigenvalue weighted by atomic mass is 10.0. The lowest BCUT2D eigenvalue weighted by Gasteiger charge is -2.14. The molecule has 1 aliphatic heterocycles. The number of anilines is 1. The minimum absolute atomic E-state index is 0.175. The van der Waals surface area contributed by atoms with E-state index in [1.54, 1.807) is 18.3 Å². The van der Waals surface area contributed by atoms with Gasteiger partial charge in [-0.05, 0) is 24.5 Å². The normalized spacial score (nSPS) is 24.4. The van der Waals surface area contributed by atoms with Crippen molar-refractivity contribution in [2.24, 2.45) is 5.92 Å². The topological polar surface area (TPSA) is 51.2 Å². The number of hydrogen-bond acceptors (Lipinski definition) is 3. The molecule has 1 aromatic rings. The van der Waals surface area contributed by atoms with Gasteiger partial charge in [-0.25, -0.2) is 4.98 Å². The highest BCUT2D eigenvalue weighted by atomic mass is 35.5. The summed E-state index contributed by atoms with van der Waals surface area (Å²) in [5, 5.41) is 3.11. The molecule has 1 aromatic heterocycles. The van der Waals surface area contributed by atoms with Gasteiger partial charge in [-0.1, -0.05) is 18.5 Å². The van der Waals surface area contributed by atoms with Gasteiger partial charge in [0.2, 0.25) is 0 Å². The number of hydrogen-bond donors (Lipinski definition) is 1. The Hall–Kier alpha value is -1.13. The van der Waals surface area contributed by atoms with Crippen molar-refractivity contribution < 1.29 is 9.53 Å². The third-order valence-electron chi connectivity index (χ3n) is 2.65. The van der Waals surface area contributed by atoms with E-state index in [2.05, 4.69) is 10.3 Å². The van der Waals surface area contributed by atoms with Gasteiger partial charge in [0.15, 0.2) is 5.82 Å². The fraction of sp³-hybridized carbons (Fsp3) is 0.455. The fourth-order valence-corrected chi connectivity index (χ4v) is 1.86. The molecular formula is C11H13ClN2O2. The molecule has 1 amide bonds. The minimum atomic E-state index is -0.391. The number of nitrogens with one attached hydrogen (secondary N) is 1. The van der Waals surface area contributed by atoms with Crippen molar-refractivity contribution in [1.82, 2.24) is 4.98 Å². The maximum Gasteiger partial charge on any atom is 0.254 e. The average Bonchev–Trinajstić information content (AvgIpc) is 2.68. The summed E-state index contributed by atoms with van der Waals surface area (Å²) in [5.41, 5.74) is 0. The first-order chi connectivity index (χ1) is 7.68. The van der Waals surface area contributed by atoms with Crippen LogP contribution in [0.1, 0.15) is 13.3 Å². The molecular weight excluding hydrogens is 228 g/mol. The molecule has 0 radical (unpaired) electrons. The molecule has 0 aromatic carbocycles. The van der Waals surface area contributed by atoms with E-state index >= 15 is 0 Å². The summed E-state index contributed by atoms with van der Waals surface area (Å²) in [7, 11) is 0. The van der Waals surface area contributed by atoms with Crippen molar-refractivity contribution in [3.8, 4) is 0 Å². The largest absolute Gasteiger partial charge is 0.368 e. The zero-order valence-electron chi connectivity index (χ0n) is 8.94. The van der Waals surface area contributed by atoms with E-state index in [1.165, 1.54) is 0 Å². The van der Waals surface area contributed by atoms with Gasteiger partial charge in [0.25, 0.3) is 5.91 Å². The van der Waals surface area contributed by atoms with Crippen molar-refractivity contribution in [3.63, 3.8) is 0 Å². The van der Waals surface area contributed by atoms with Crippen molar-refractivity contribution in [2.45, 2.75) is 19.4 Å². The Morgan fingerprint density at radius 1 is 1.69 bits per heavy atom. The number of halogens is 1. The number of amides is 1. The van der Waals surface area contributed by atoms with E-state index < -0.39 is 6.10 Å². The van der Waals surface area contributed by atoms with Crippen LogP contribution in [0, 0.1) is 5.92 Å². The van der Waals surface area contributed by atoms with Gasteiger partial charge in [0.1, 0.15) is 6.10 Å². The molecule has 0 bridgehead atoms. The van der Waals surface area contributed by atoms with Gasteiger partial charge in [-0.2, -0.15) is 0 Å².